The van der Waals surface area contributed by atoms with Gasteiger partial charge in [0.1, 0.15) is 5.00 Å². The van der Waals surface area contributed by atoms with E-state index in [0.717, 1.165) is 18.4 Å². The number of hydrogen-bond acceptors (Lipinski definition) is 4. The topological polar surface area (TPSA) is 55.4 Å². The van der Waals surface area contributed by atoms with E-state index in [4.69, 9.17) is 0 Å². The predicted molar refractivity (Wildman–Crippen MR) is 64.5 cm³/mol. The Labute approximate surface area is 111 Å². The van der Waals surface area contributed by atoms with Crippen molar-refractivity contribution in [3.05, 3.63) is 16.0 Å². The van der Waals surface area contributed by atoms with E-state index in [2.05, 4.69) is 4.74 Å². The van der Waals surface area contributed by atoms with Crippen molar-refractivity contribution in [3.8, 4) is 0 Å². The zero-order valence-electron chi connectivity index (χ0n) is 10.5. The van der Waals surface area contributed by atoms with Crippen molar-refractivity contribution in [2.45, 2.75) is 26.4 Å². The molecule has 1 N–H and O–H groups in total. The number of nitrogens with one attached hydrogen (secondary N) is 1. The Kier molecular flexibility index (Phi) is 4.56. The lowest BCUT2D eigenvalue weighted by Crippen LogP contribution is -2.30. The Balaban J connectivity index is 3.21. The van der Waals surface area contributed by atoms with Gasteiger partial charge in [-0.25, -0.2) is 4.79 Å². The molecule has 0 bridgehead atoms. The number of amides is 1. The van der Waals surface area contributed by atoms with Crippen molar-refractivity contribution in [3.63, 3.8) is 0 Å². The van der Waals surface area contributed by atoms with Crippen LogP contribution in [0.1, 0.15) is 27.7 Å². The number of anilines is 1. The van der Waals surface area contributed by atoms with Gasteiger partial charge in [0.25, 0.3) is 0 Å². The van der Waals surface area contributed by atoms with Crippen molar-refractivity contribution in [2.24, 2.45) is 0 Å². The fourth-order valence-electron chi connectivity index (χ4n) is 1.58. The number of esters is 1. The summed E-state index contributed by atoms with van der Waals surface area (Å²) in [4.78, 5) is 23.2. The maximum atomic E-state index is 12.2. The summed E-state index contributed by atoms with van der Waals surface area (Å²) in [5.41, 5.74) is 0.569. The molecule has 0 atom stereocenters. The first kappa shape index (κ1) is 15.5. The smallest absolute Gasteiger partial charge is 0.465 e. The van der Waals surface area contributed by atoms with Gasteiger partial charge < -0.3 is 10.1 Å². The van der Waals surface area contributed by atoms with E-state index in [1.54, 1.807) is 19.2 Å². The van der Waals surface area contributed by atoms with E-state index < -0.39 is 18.1 Å². The lowest BCUT2D eigenvalue weighted by atomic mass is 10.1. The van der Waals surface area contributed by atoms with Gasteiger partial charge in [-0.2, -0.15) is 13.2 Å². The molecular formula is C11H12F3NO3S. The van der Waals surface area contributed by atoms with E-state index in [9.17, 15) is 22.8 Å². The summed E-state index contributed by atoms with van der Waals surface area (Å²) in [5.74, 6) is -2.87. The first-order valence-electron chi connectivity index (χ1n) is 5.31. The highest BCUT2D eigenvalue weighted by Gasteiger charge is 2.40. The maximum absolute atomic E-state index is 12.2. The second kappa shape index (κ2) is 5.60. The van der Waals surface area contributed by atoms with Gasteiger partial charge in [0.15, 0.2) is 0 Å². The van der Waals surface area contributed by atoms with E-state index in [-0.39, 0.29) is 10.6 Å². The quantitative estimate of drug-likeness (QED) is 0.872. The molecule has 19 heavy (non-hydrogen) atoms. The van der Waals surface area contributed by atoms with Gasteiger partial charge in [0, 0.05) is 4.88 Å². The number of methoxy groups -OCH3 is 1. The molecule has 0 aromatic carbocycles. The molecule has 0 aliphatic rings. The lowest BCUT2D eigenvalue weighted by molar-refractivity contribution is -0.167. The molecule has 0 aliphatic carbocycles. The molecule has 0 aliphatic heterocycles. The van der Waals surface area contributed by atoms with Gasteiger partial charge in [0.2, 0.25) is 0 Å². The second-order valence-electron chi connectivity index (χ2n) is 3.64. The van der Waals surface area contributed by atoms with Gasteiger partial charge in [0.05, 0.1) is 12.7 Å². The third kappa shape index (κ3) is 3.25. The molecule has 0 saturated heterocycles. The molecule has 0 fully saturated rings. The summed E-state index contributed by atoms with van der Waals surface area (Å²) in [5, 5.41) is 1.58. The maximum Gasteiger partial charge on any atom is 0.471 e. The van der Waals surface area contributed by atoms with Crippen LogP contribution in [0.2, 0.25) is 0 Å². The van der Waals surface area contributed by atoms with Crippen LogP contribution < -0.4 is 5.32 Å². The molecule has 0 radical (unpaired) electrons. The van der Waals surface area contributed by atoms with Crippen molar-refractivity contribution in [1.82, 2.24) is 0 Å². The predicted octanol–water partition coefficient (Wildman–Crippen LogP) is 2.91. The van der Waals surface area contributed by atoms with Gasteiger partial charge in [-0.15, -0.1) is 11.3 Å². The number of carbonyl (C=O) groups excluding carboxylic acids is 2. The minimum absolute atomic E-state index is 0.00917. The zero-order valence-corrected chi connectivity index (χ0v) is 11.3. The summed E-state index contributed by atoms with van der Waals surface area (Å²) in [6.45, 7) is 3.43. The molecule has 1 amide bonds. The van der Waals surface area contributed by atoms with Crippen LogP contribution in [0.3, 0.4) is 0 Å². The molecule has 0 unspecified atom stereocenters. The molecule has 1 aromatic rings. The Morgan fingerprint density at radius 1 is 1.37 bits per heavy atom. The number of hydrogen-bond donors (Lipinski definition) is 1. The summed E-state index contributed by atoms with van der Waals surface area (Å²) < 4.78 is 41.2. The Hall–Kier alpha value is -1.57. The summed E-state index contributed by atoms with van der Waals surface area (Å²) in [6, 6.07) is 0. The first-order chi connectivity index (χ1) is 8.72. The molecule has 0 spiro atoms. The number of ether oxygens (including phenoxy) is 1. The van der Waals surface area contributed by atoms with Crippen molar-refractivity contribution < 1.29 is 27.5 Å². The largest absolute Gasteiger partial charge is 0.471 e. The van der Waals surface area contributed by atoms with Crippen molar-refractivity contribution in [1.29, 1.82) is 0 Å². The number of carbonyl (C=O) groups is 2. The number of rotatable bonds is 3. The molecule has 0 saturated carbocycles. The van der Waals surface area contributed by atoms with Crippen LogP contribution in [0.25, 0.3) is 0 Å². The van der Waals surface area contributed by atoms with E-state index in [0.29, 0.717) is 16.9 Å². The number of aryl methyl sites for hydroxylation is 1. The highest BCUT2D eigenvalue weighted by atomic mass is 32.1. The molecule has 4 nitrogen and oxygen atoms in total. The standard InChI is InChI=1S/C11H12F3NO3S/c1-4-6-5(2)19-8(7(6)9(16)18-3)15-10(17)11(12,13)14/h4H2,1-3H3,(H,15,17). The van der Waals surface area contributed by atoms with E-state index in [1.165, 1.54) is 0 Å². The summed E-state index contributed by atoms with van der Waals surface area (Å²) in [6.07, 6.45) is -4.55. The molecule has 106 valence electrons. The van der Waals surface area contributed by atoms with Gasteiger partial charge >= 0.3 is 18.1 Å². The fraction of sp³-hybridized carbons (Fsp3) is 0.455. The monoisotopic (exact) mass is 295 g/mol. The fourth-order valence-corrected chi connectivity index (χ4v) is 2.71. The normalized spacial score (nSPS) is 11.3. The van der Waals surface area contributed by atoms with Crippen molar-refractivity contribution >= 4 is 28.2 Å². The van der Waals surface area contributed by atoms with Gasteiger partial charge in [-0.05, 0) is 18.9 Å². The summed E-state index contributed by atoms with van der Waals surface area (Å²) in [7, 11) is 1.13. The number of alkyl halides is 3. The molecule has 1 heterocycles. The second-order valence-corrected chi connectivity index (χ2v) is 4.86. The van der Waals surface area contributed by atoms with Crippen LogP contribution in [-0.2, 0) is 16.0 Å². The number of thiophene rings is 1. The van der Waals surface area contributed by atoms with Gasteiger partial charge in [-0.1, -0.05) is 6.92 Å². The number of halogens is 3. The summed E-state index contributed by atoms with van der Waals surface area (Å²) >= 11 is 0.921. The van der Waals surface area contributed by atoms with Crippen molar-refractivity contribution in [2.75, 3.05) is 12.4 Å². The van der Waals surface area contributed by atoms with Crippen LogP contribution in [0.5, 0.6) is 0 Å². The highest BCUT2D eigenvalue weighted by Crippen LogP contribution is 2.34. The molecule has 1 aromatic heterocycles. The minimum atomic E-state index is -5.00. The van der Waals surface area contributed by atoms with Crippen LogP contribution in [0, 0.1) is 6.92 Å². The average molecular weight is 295 g/mol. The van der Waals surface area contributed by atoms with Crippen LogP contribution in [0.15, 0.2) is 0 Å². The van der Waals surface area contributed by atoms with Crippen LogP contribution in [-0.4, -0.2) is 25.2 Å². The van der Waals surface area contributed by atoms with Crippen LogP contribution >= 0.6 is 11.3 Å². The van der Waals surface area contributed by atoms with Gasteiger partial charge in [-0.3, -0.25) is 4.79 Å². The Morgan fingerprint density at radius 3 is 2.37 bits per heavy atom. The SMILES string of the molecule is CCc1c(C)sc(NC(=O)C(F)(F)F)c1C(=O)OC. The zero-order chi connectivity index (χ0) is 14.8. The third-order valence-electron chi connectivity index (χ3n) is 2.44. The third-order valence-corrected chi connectivity index (χ3v) is 3.50. The lowest BCUT2D eigenvalue weighted by Gasteiger charge is -2.08. The minimum Gasteiger partial charge on any atom is -0.465 e. The molecule has 1 rings (SSSR count). The molecule has 8 heteroatoms. The Bertz CT molecular complexity index is 508. The highest BCUT2D eigenvalue weighted by molar-refractivity contribution is 7.16. The Morgan fingerprint density at radius 2 is 1.95 bits per heavy atom. The van der Waals surface area contributed by atoms with E-state index >= 15 is 0 Å². The molecular weight excluding hydrogens is 283 g/mol. The van der Waals surface area contributed by atoms with E-state index in [1.807, 2.05) is 0 Å². The average Bonchev–Trinajstić information content (AvgIpc) is 2.62. The first-order valence-corrected chi connectivity index (χ1v) is 6.12. The van der Waals surface area contributed by atoms with Crippen LogP contribution in [0.4, 0.5) is 18.2 Å².